The minimum atomic E-state index is -0.227. The Bertz CT molecular complexity index is 1180. The molecule has 0 spiro atoms. The topological polar surface area (TPSA) is 59.8 Å². The van der Waals surface area contributed by atoms with Crippen molar-refractivity contribution < 1.29 is 4.79 Å². The molecule has 0 aliphatic heterocycles. The van der Waals surface area contributed by atoms with Crippen LogP contribution in [0.15, 0.2) is 65.1 Å². The summed E-state index contributed by atoms with van der Waals surface area (Å²) in [5.41, 5.74) is 2.19. The number of carbonyl (C=O) groups is 1. The van der Waals surface area contributed by atoms with Gasteiger partial charge in [-0.05, 0) is 42.1 Å². The van der Waals surface area contributed by atoms with Crippen LogP contribution in [0.4, 0.5) is 5.69 Å². The Labute approximate surface area is 192 Å². The first-order valence-electron chi connectivity index (χ1n) is 8.96. The van der Waals surface area contributed by atoms with E-state index in [1.54, 1.807) is 17.4 Å². The van der Waals surface area contributed by atoms with E-state index in [1.165, 1.54) is 11.8 Å². The molecule has 9 heteroatoms. The number of para-hydroxylation sites is 1. The number of halogens is 2. The van der Waals surface area contributed by atoms with Crippen molar-refractivity contribution >= 4 is 57.9 Å². The normalized spacial score (nSPS) is 10.9. The third kappa shape index (κ3) is 4.39. The Kier molecular flexibility index (Phi) is 6.43. The smallest absolute Gasteiger partial charge is 0.234 e. The van der Waals surface area contributed by atoms with Crippen molar-refractivity contribution in [2.75, 3.05) is 11.1 Å². The molecule has 5 nitrogen and oxygen atoms in total. The second kappa shape index (κ2) is 9.22. The SMILES string of the molecule is Cc1ccc(Cl)c(NC(=O)CSc2nnc(-c3cccs3)n2-c2ccccc2)c1Cl. The van der Waals surface area contributed by atoms with Gasteiger partial charge in [0, 0.05) is 5.69 Å². The molecule has 2 heterocycles. The van der Waals surface area contributed by atoms with Crippen LogP contribution >= 0.6 is 46.3 Å². The third-order valence-electron chi connectivity index (χ3n) is 4.27. The lowest BCUT2D eigenvalue weighted by atomic mass is 10.2. The molecule has 0 bridgehead atoms. The number of carbonyl (C=O) groups excluding carboxylic acids is 1. The number of rotatable bonds is 6. The van der Waals surface area contributed by atoms with Crippen molar-refractivity contribution in [1.29, 1.82) is 0 Å². The zero-order valence-electron chi connectivity index (χ0n) is 15.8. The van der Waals surface area contributed by atoms with Crippen LogP contribution in [0.1, 0.15) is 5.56 Å². The highest BCUT2D eigenvalue weighted by Gasteiger charge is 2.18. The van der Waals surface area contributed by atoms with Crippen LogP contribution in [0.5, 0.6) is 0 Å². The summed E-state index contributed by atoms with van der Waals surface area (Å²) >= 11 is 15.4. The molecule has 0 aliphatic carbocycles. The van der Waals surface area contributed by atoms with Crippen molar-refractivity contribution in [3.63, 3.8) is 0 Å². The van der Waals surface area contributed by atoms with Crippen LogP contribution < -0.4 is 5.32 Å². The predicted octanol–water partition coefficient (Wildman–Crippen LogP) is 6.34. The fourth-order valence-corrected chi connectivity index (χ4v) is 4.73. The van der Waals surface area contributed by atoms with Gasteiger partial charge in [0.2, 0.25) is 5.91 Å². The van der Waals surface area contributed by atoms with Crippen molar-refractivity contribution in [2.45, 2.75) is 12.1 Å². The molecule has 2 aromatic heterocycles. The van der Waals surface area contributed by atoms with E-state index in [0.717, 1.165) is 22.0 Å². The zero-order chi connectivity index (χ0) is 21.1. The molecule has 30 heavy (non-hydrogen) atoms. The predicted molar refractivity (Wildman–Crippen MR) is 125 cm³/mol. The van der Waals surface area contributed by atoms with Crippen molar-refractivity contribution in [3.8, 4) is 16.4 Å². The van der Waals surface area contributed by atoms with Crippen molar-refractivity contribution in [2.24, 2.45) is 0 Å². The minimum Gasteiger partial charge on any atom is -0.323 e. The maximum Gasteiger partial charge on any atom is 0.234 e. The van der Waals surface area contributed by atoms with E-state index in [2.05, 4.69) is 15.5 Å². The number of nitrogens with one attached hydrogen (secondary N) is 1. The number of amides is 1. The van der Waals surface area contributed by atoms with Crippen molar-refractivity contribution in [1.82, 2.24) is 14.8 Å². The number of anilines is 1. The summed E-state index contributed by atoms with van der Waals surface area (Å²) < 4.78 is 1.95. The number of hydrogen-bond acceptors (Lipinski definition) is 5. The maximum absolute atomic E-state index is 12.6. The van der Waals surface area contributed by atoms with Gasteiger partial charge in [-0.1, -0.05) is 65.3 Å². The Morgan fingerprint density at radius 3 is 2.63 bits per heavy atom. The summed E-state index contributed by atoms with van der Waals surface area (Å²) in [7, 11) is 0. The maximum atomic E-state index is 12.6. The van der Waals surface area contributed by atoms with Crippen LogP contribution in [0.25, 0.3) is 16.4 Å². The second-order valence-electron chi connectivity index (χ2n) is 6.34. The van der Waals surface area contributed by atoms with Crippen molar-refractivity contribution in [3.05, 3.63) is 75.6 Å². The summed E-state index contributed by atoms with van der Waals surface area (Å²) in [6, 6.07) is 17.3. The molecule has 0 unspecified atom stereocenters. The van der Waals surface area contributed by atoms with Crippen LogP contribution in [0, 0.1) is 6.92 Å². The molecule has 0 fully saturated rings. The van der Waals surface area contributed by atoms with Gasteiger partial charge in [0.1, 0.15) is 0 Å². The fourth-order valence-electron chi connectivity index (χ4n) is 2.82. The molecule has 4 rings (SSSR count). The minimum absolute atomic E-state index is 0.135. The largest absolute Gasteiger partial charge is 0.323 e. The molecular formula is C21H16Cl2N4OS2. The van der Waals surface area contributed by atoms with Gasteiger partial charge in [-0.25, -0.2) is 0 Å². The second-order valence-corrected chi connectivity index (χ2v) is 9.02. The summed E-state index contributed by atoms with van der Waals surface area (Å²) in [5, 5.41) is 15.0. The summed E-state index contributed by atoms with van der Waals surface area (Å²) in [4.78, 5) is 13.6. The third-order valence-corrected chi connectivity index (χ3v) is 6.87. The fraction of sp³-hybridized carbons (Fsp3) is 0.0952. The number of hydrogen-bond donors (Lipinski definition) is 1. The van der Waals surface area contributed by atoms with Crippen LogP contribution in [-0.4, -0.2) is 26.4 Å². The van der Waals surface area contributed by atoms with Gasteiger partial charge in [-0.3, -0.25) is 9.36 Å². The van der Waals surface area contributed by atoms with E-state index in [9.17, 15) is 4.79 Å². The van der Waals surface area contributed by atoms with E-state index >= 15 is 0 Å². The number of aryl methyl sites for hydroxylation is 1. The molecule has 0 atom stereocenters. The monoisotopic (exact) mass is 474 g/mol. The van der Waals surface area contributed by atoms with Gasteiger partial charge < -0.3 is 5.32 Å². The van der Waals surface area contributed by atoms with E-state index in [-0.39, 0.29) is 11.7 Å². The van der Waals surface area contributed by atoms with Gasteiger partial charge in [0.25, 0.3) is 0 Å². The lowest BCUT2D eigenvalue weighted by Crippen LogP contribution is -2.15. The molecule has 1 amide bonds. The highest BCUT2D eigenvalue weighted by Crippen LogP contribution is 2.34. The van der Waals surface area contributed by atoms with Crippen LogP contribution in [0.2, 0.25) is 10.0 Å². The summed E-state index contributed by atoms with van der Waals surface area (Å²) in [6.07, 6.45) is 0. The van der Waals surface area contributed by atoms with E-state index < -0.39 is 0 Å². The number of benzene rings is 2. The van der Waals surface area contributed by atoms with Crippen LogP contribution in [0.3, 0.4) is 0 Å². The zero-order valence-corrected chi connectivity index (χ0v) is 18.9. The van der Waals surface area contributed by atoms with Gasteiger partial charge in [-0.2, -0.15) is 0 Å². The first-order chi connectivity index (χ1) is 14.5. The van der Waals surface area contributed by atoms with Gasteiger partial charge in [0.05, 0.1) is 26.4 Å². The quantitative estimate of drug-likeness (QED) is 0.331. The number of thiophene rings is 1. The lowest BCUT2D eigenvalue weighted by Gasteiger charge is -2.12. The first kappa shape index (κ1) is 20.9. The summed E-state index contributed by atoms with van der Waals surface area (Å²) in [5.74, 6) is 0.647. The molecule has 152 valence electrons. The van der Waals surface area contributed by atoms with E-state index in [4.69, 9.17) is 23.2 Å². The highest BCUT2D eigenvalue weighted by molar-refractivity contribution is 7.99. The standard InChI is InChI=1S/C21H16Cl2N4OS2/c1-13-9-10-15(22)19(18(13)23)24-17(28)12-30-21-26-25-20(16-8-5-11-29-16)27(21)14-6-3-2-4-7-14/h2-11H,12H2,1H3,(H,24,28). The Morgan fingerprint density at radius 2 is 1.90 bits per heavy atom. The van der Waals surface area contributed by atoms with Crippen LogP contribution in [-0.2, 0) is 4.79 Å². The molecule has 0 saturated carbocycles. The number of aromatic nitrogens is 3. The Balaban J connectivity index is 1.57. The Hall–Kier alpha value is -2.32. The first-order valence-corrected chi connectivity index (χ1v) is 11.6. The lowest BCUT2D eigenvalue weighted by molar-refractivity contribution is -0.113. The molecule has 2 aromatic carbocycles. The van der Waals surface area contributed by atoms with E-state index in [1.807, 2.05) is 65.4 Å². The molecule has 0 aliphatic rings. The molecule has 0 saturated heterocycles. The summed E-state index contributed by atoms with van der Waals surface area (Å²) in [6.45, 7) is 1.86. The molecule has 4 aromatic rings. The van der Waals surface area contributed by atoms with E-state index in [0.29, 0.717) is 20.9 Å². The van der Waals surface area contributed by atoms with Gasteiger partial charge in [0.15, 0.2) is 11.0 Å². The molecule has 1 N–H and O–H groups in total. The molecular weight excluding hydrogens is 459 g/mol. The van der Waals surface area contributed by atoms with Gasteiger partial charge in [-0.15, -0.1) is 21.5 Å². The van der Waals surface area contributed by atoms with Gasteiger partial charge >= 0.3 is 0 Å². The average Bonchev–Trinajstić information content (AvgIpc) is 3.42. The highest BCUT2D eigenvalue weighted by atomic mass is 35.5. The molecule has 0 radical (unpaired) electrons. The Morgan fingerprint density at radius 1 is 1.10 bits per heavy atom. The number of thioether (sulfide) groups is 1. The average molecular weight is 475 g/mol. The number of nitrogens with zero attached hydrogens (tertiary/aromatic N) is 3.